The second kappa shape index (κ2) is 6.20. The lowest BCUT2D eigenvalue weighted by molar-refractivity contribution is -0.121. The van der Waals surface area contributed by atoms with Crippen molar-refractivity contribution in [1.29, 1.82) is 0 Å². The first-order valence-corrected chi connectivity index (χ1v) is 6.45. The highest BCUT2D eigenvalue weighted by Crippen LogP contribution is 2.03. The highest BCUT2D eigenvalue weighted by atomic mass is 32.1. The molecule has 0 aliphatic heterocycles. The van der Waals surface area contributed by atoms with Crippen molar-refractivity contribution in [2.24, 2.45) is 0 Å². The fourth-order valence-corrected chi connectivity index (χ4v) is 2.06. The van der Waals surface area contributed by atoms with Crippen molar-refractivity contribution in [2.45, 2.75) is 19.3 Å². The summed E-state index contributed by atoms with van der Waals surface area (Å²) in [5, 5.41) is 4.86. The van der Waals surface area contributed by atoms with Gasteiger partial charge in [-0.15, -0.1) is 11.3 Å². The largest absolute Gasteiger partial charge is 0.469 e. The van der Waals surface area contributed by atoms with E-state index < -0.39 is 0 Å². The van der Waals surface area contributed by atoms with Crippen molar-refractivity contribution >= 4 is 17.2 Å². The van der Waals surface area contributed by atoms with E-state index in [1.54, 1.807) is 23.1 Å². The maximum Gasteiger partial charge on any atom is 0.220 e. The van der Waals surface area contributed by atoms with Crippen LogP contribution in [0.1, 0.15) is 17.9 Å². The van der Waals surface area contributed by atoms with Gasteiger partial charge < -0.3 is 9.73 Å². The number of thiazole rings is 1. The third kappa shape index (κ3) is 4.03. The molecule has 2 aromatic heterocycles. The van der Waals surface area contributed by atoms with Gasteiger partial charge in [-0.2, -0.15) is 0 Å². The lowest BCUT2D eigenvalue weighted by Crippen LogP contribution is -2.25. The van der Waals surface area contributed by atoms with E-state index in [9.17, 15) is 4.79 Å². The van der Waals surface area contributed by atoms with Gasteiger partial charge in [-0.1, -0.05) is 0 Å². The first kappa shape index (κ1) is 11.9. The molecule has 0 radical (unpaired) electrons. The Labute approximate surface area is 104 Å². The molecule has 0 fully saturated rings. The molecule has 1 N–H and O–H groups in total. The predicted octanol–water partition coefficient (Wildman–Crippen LogP) is 2.03. The van der Waals surface area contributed by atoms with Crippen molar-refractivity contribution in [2.75, 3.05) is 6.54 Å². The van der Waals surface area contributed by atoms with Gasteiger partial charge in [0.2, 0.25) is 5.91 Å². The van der Waals surface area contributed by atoms with Gasteiger partial charge in [0.25, 0.3) is 0 Å². The number of hydrogen-bond donors (Lipinski definition) is 1. The molecule has 0 spiro atoms. The van der Waals surface area contributed by atoms with Gasteiger partial charge in [-0.05, 0) is 12.1 Å². The van der Waals surface area contributed by atoms with E-state index in [1.807, 2.05) is 17.5 Å². The summed E-state index contributed by atoms with van der Waals surface area (Å²) in [6.07, 6.45) is 3.52. The number of furan rings is 1. The monoisotopic (exact) mass is 250 g/mol. The van der Waals surface area contributed by atoms with Crippen LogP contribution in [0.25, 0.3) is 0 Å². The van der Waals surface area contributed by atoms with Gasteiger partial charge in [-0.3, -0.25) is 4.79 Å². The molecule has 0 aliphatic rings. The molecule has 0 saturated heterocycles. The quantitative estimate of drug-likeness (QED) is 0.853. The van der Waals surface area contributed by atoms with Crippen LogP contribution in [-0.4, -0.2) is 17.4 Å². The molecule has 4 nitrogen and oxygen atoms in total. The Balaban J connectivity index is 1.61. The fourth-order valence-electron chi connectivity index (χ4n) is 1.47. The second-order valence-electron chi connectivity index (χ2n) is 3.66. The van der Waals surface area contributed by atoms with Crippen LogP contribution in [0.2, 0.25) is 0 Å². The van der Waals surface area contributed by atoms with Crippen LogP contribution in [0.3, 0.4) is 0 Å². The predicted molar refractivity (Wildman–Crippen MR) is 65.9 cm³/mol. The van der Waals surface area contributed by atoms with Crippen molar-refractivity contribution in [3.05, 3.63) is 40.7 Å². The van der Waals surface area contributed by atoms with E-state index in [0.717, 1.165) is 17.9 Å². The minimum absolute atomic E-state index is 0.0524. The van der Waals surface area contributed by atoms with Crippen molar-refractivity contribution in [3.8, 4) is 0 Å². The van der Waals surface area contributed by atoms with Crippen LogP contribution in [0, 0.1) is 0 Å². The lowest BCUT2D eigenvalue weighted by atomic mass is 10.2. The number of rotatable bonds is 6. The first-order valence-electron chi connectivity index (χ1n) is 5.51. The molecule has 90 valence electrons. The zero-order valence-electron chi connectivity index (χ0n) is 9.39. The van der Waals surface area contributed by atoms with Gasteiger partial charge >= 0.3 is 0 Å². The van der Waals surface area contributed by atoms with Crippen LogP contribution in [-0.2, 0) is 17.6 Å². The Morgan fingerprint density at radius 3 is 3.12 bits per heavy atom. The average Bonchev–Trinajstić information content (AvgIpc) is 2.99. The molecule has 0 aliphatic carbocycles. The Bertz CT molecular complexity index is 437. The number of aryl methyl sites for hydroxylation is 1. The number of carbonyl (C=O) groups excluding carboxylic acids is 1. The SMILES string of the molecule is O=C(CCc1ccco1)NCCc1cscn1. The number of carbonyl (C=O) groups is 1. The summed E-state index contributed by atoms with van der Waals surface area (Å²) in [6, 6.07) is 3.71. The lowest BCUT2D eigenvalue weighted by Gasteiger charge is -2.02. The summed E-state index contributed by atoms with van der Waals surface area (Å²) in [5.74, 6) is 0.899. The smallest absolute Gasteiger partial charge is 0.220 e. The van der Waals surface area contributed by atoms with Crippen molar-refractivity contribution < 1.29 is 9.21 Å². The zero-order chi connectivity index (χ0) is 11.9. The van der Waals surface area contributed by atoms with E-state index in [-0.39, 0.29) is 5.91 Å². The molecule has 2 rings (SSSR count). The molecular weight excluding hydrogens is 236 g/mol. The van der Waals surface area contributed by atoms with Crippen LogP contribution >= 0.6 is 11.3 Å². The third-order valence-corrected chi connectivity index (χ3v) is 3.00. The zero-order valence-corrected chi connectivity index (χ0v) is 10.2. The molecular formula is C12H14N2O2S. The standard InChI is InChI=1S/C12H14N2O2S/c15-12(4-3-11-2-1-7-16-11)13-6-5-10-8-17-9-14-10/h1-2,7-9H,3-6H2,(H,13,15). The Morgan fingerprint density at radius 1 is 1.47 bits per heavy atom. The van der Waals surface area contributed by atoms with Crippen molar-refractivity contribution in [3.63, 3.8) is 0 Å². The topological polar surface area (TPSA) is 55.1 Å². The van der Waals surface area contributed by atoms with Gasteiger partial charge in [-0.25, -0.2) is 4.98 Å². The molecule has 0 atom stereocenters. The fraction of sp³-hybridized carbons (Fsp3) is 0.333. The van der Waals surface area contributed by atoms with Crippen molar-refractivity contribution in [1.82, 2.24) is 10.3 Å². The van der Waals surface area contributed by atoms with E-state index in [4.69, 9.17) is 4.42 Å². The molecule has 2 aromatic rings. The summed E-state index contributed by atoms with van der Waals surface area (Å²) in [4.78, 5) is 15.6. The van der Waals surface area contributed by atoms with Gasteiger partial charge in [0.15, 0.2) is 0 Å². The molecule has 1 amide bonds. The van der Waals surface area contributed by atoms with Gasteiger partial charge in [0.1, 0.15) is 5.76 Å². The summed E-state index contributed by atoms with van der Waals surface area (Å²) in [7, 11) is 0. The molecule has 5 heteroatoms. The van der Waals surface area contributed by atoms with Gasteiger partial charge in [0.05, 0.1) is 17.5 Å². The first-order chi connectivity index (χ1) is 8.34. The Hall–Kier alpha value is -1.62. The third-order valence-electron chi connectivity index (χ3n) is 2.37. The molecule has 0 bridgehead atoms. The maximum atomic E-state index is 11.5. The average molecular weight is 250 g/mol. The van der Waals surface area contributed by atoms with Crippen LogP contribution in [0.5, 0.6) is 0 Å². The minimum Gasteiger partial charge on any atom is -0.469 e. The van der Waals surface area contributed by atoms with E-state index in [0.29, 0.717) is 19.4 Å². The normalized spacial score (nSPS) is 10.4. The molecule has 17 heavy (non-hydrogen) atoms. The van der Waals surface area contributed by atoms with Crippen LogP contribution in [0.15, 0.2) is 33.7 Å². The van der Waals surface area contributed by atoms with Gasteiger partial charge in [0, 0.05) is 31.2 Å². The highest BCUT2D eigenvalue weighted by molar-refractivity contribution is 7.07. The van der Waals surface area contributed by atoms with Crippen LogP contribution < -0.4 is 5.32 Å². The Morgan fingerprint density at radius 2 is 2.41 bits per heavy atom. The second-order valence-corrected chi connectivity index (χ2v) is 4.38. The van der Waals surface area contributed by atoms with E-state index in [1.165, 1.54) is 0 Å². The van der Waals surface area contributed by atoms with E-state index in [2.05, 4.69) is 10.3 Å². The highest BCUT2D eigenvalue weighted by Gasteiger charge is 2.03. The summed E-state index contributed by atoms with van der Waals surface area (Å²) in [5.41, 5.74) is 2.83. The number of amides is 1. The van der Waals surface area contributed by atoms with Crippen LogP contribution in [0.4, 0.5) is 0 Å². The molecule has 0 saturated carbocycles. The molecule has 0 aromatic carbocycles. The number of nitrogens with one attached hydrogen (secondary N) is 1. The molecule has 0 unspecified atom stereocenters. The molecule has 2 heterocycles. The number of nitrogens with zero attached hydrogens (tertiary/aromatic N) is 1. The summed E-state index contributed by atoms with van der Waals surface area (Å²) < 4.78 is 5.16. The van der Waals surface area contributed by atoms with E-state index >= 15 is 0 Å². The maximum absolute atomic E-state index is 11.5. The minimum atomic E-state index is 0.0524. The summed E-state index contributed by atoms with van der Waals surface area (Å²) in [6.45, 7) is 0.640. The number of hydrogen-bond acceptors (Lipinski definition) is 4. The Kier molecular flexibility index (Phi) is 4.32. The number of aromatic nitrogens is 1. The summed E-state index contributed by atoms with van der Waals surface area (Å²) >= 11 is 1.57.